The fourth-order valence-electron chi connectivity index (χ4n) is 8.05. The Kier molecular flexibility index (Phi) is 7.18. The Bertz CT molecular complexity index is 2850. The van der Waals surface area contributed by atoms with Gasteiger partial charge < -0.3 is 9.47 Å². The number of anilines is 3. The SMILES string of the molecule is c1ccc(-c2cccc3cccc(-c4cccc(N(c5cccc(-n6c7ccccc7c7ccccc76)c5)c5cccc6ccccc56)c4)c23)cc1. The van der Waals surface area contributed by atoms with E-state index in [1.54, 1.807) is 0 Å². The Balaban J connectivity index is 1.20. The average molecular weight is 663 g/mol. The van der Waals surface area contributed by atoms with E-state index in [9.17, 15) is 0 Å². The Hall–Kier alpha value is -6.90. The molecule has 0 saturated heterocycles. The third-order valence-electron chi connectivity index (χ3n) is 10.3. The van der Waals surface area contributed by atoms with Crippen molar-refractivity contribution in [2.75, 3.05) is 4.90 Å². The zero-order valence-corrected chi connectivity index (χ0v) is 28.5. The van der Waals surface area contributed by atoms with Gasteiger partial charge in [0.2, 0.25) is 0 Å². The van der Waals surface area contributed by atoms with Crippen molar-refractivity contribution in [1.29, 1.82) is 0 Å². The summed E-state index contributed by atoms with van der Waals surface area (Å²) in [4.78, 5) is 2.42. The minimum atomic E-state index is 1.09. The minimum Gasteiger partial charge on any atom is -0.310 e. The number of hydrogen-bond acceptors (Lipinski definition) is 1. The molecular formula is C50H34N2. The van der Waals surface area contributed by atoms with Gasteiger partial charge in [-0.25, -0.2) is 0 Å². The maximum Gasteiger partial charge on any atom is 0.0541 e. The average Bonchev–Trinajstić information content (AvgIpc) is 3.56. The molecule has 0 fully saturated rings. The second-order valence-electron chi connectivity index (χ2n) is 13.3. The number of para-hydroxylation sites is 2. The van der Waals surface area contributed by atoms with Crippen molar-refractivity contribution in [3.05, 3.63) is 206 Å². The summed E-state index contributed by atoms with van der Waals surface area (Å²) in [6, 6.07) is 74.7. The molecule has 244 valence electrons. The summed E-state index contributed by atoms with van der Waals surface area (Å²) in [7, 11) is 0. The molecule has 0 radical (unpaired) electrons. The van der Waals surface area contributed by atoms with Crippen LogP contribution in [0.5, 0.6) is 0 Å². The zero-order valence-electron chi connectivity index (χ0n) is 28.5. The number of aromatic nitrogens is 1. The first-order valence-electron chi connectivity index (χ1n) is 17.9. The Morgan fingerprint density at radius 3 is 1.62 bits per heavy atom. The lowest BCUT2D eigenvalue weighted by molar-refractivity contribution is 1.17. The van der Waals surface area contributed by atoms with Crippen molar-refractivity contribution >= 4 is 60.4 Å². The quantitative estimate of drug-likeness (QED) is 0.172. The summed E-state index contributed by atoms with van der Waals surface area (Å²) in [5, 5.41) is 7.42. The normalized spacial score (nSPS) is 11.5. The predicted octanol–water partition coefficient (Wildman–Crippen LogP) is 13.9. The molecule has 52 heavy (non-hydrogen) atoms. The highest BCUT2D eigenvalue weighted by molar-refractivity contribution is 6.10. The summed E-state index contributed by atoms with van der Waals surface area (Å²) in [6.07, 6.45) is 0. The Morgan fingerprint density at radius 2 is 0.865 bits per heavy atom. The lowest BCUT2D eigenvalue weighted by atomic mass is 9.91. The first-order chi connectivity index (χ1) is 25.8. The molecule has 0 unspecified atom stereocenters. The van der Waals surface area contributed by atoms with Gasteiger partial charge in [0.25, 0.3) is 0 Å². The largest absolute Gasteiger partial charge is 0.310 e. The summed E-state index contributed by atoms with van der Waals surface area (Å²) in [6.45, 7) is 0. The van der Waals surface area contributed by atoms with Gasteiger partial charge >= 0.3 is 0 Å². The molecule has 0 aliphatic heterocycles. The third-order valence-corrected chi connectivity index (χ3v) is 10.3. The molecule has 0 aliphatic rings. The Labute approximate surface area is 303 Å². The molecule has 0 saturated carbocycles. The van der Waals surface area contributed by atoms with E-state index in [2.05, 4.69) is 216 Å². The smallest absolute Gasteiger partial charge is 0.0541 e. The standard InChI is InChI=1S/C50H34N2/c1-2-15-36(16-3-1)43-28-11-19-37-20-12-29-44(50(37)43)38-21-10-22-39(33-38)51(47-32-13-18-35-17-4-5-25-42(35)47)40-23-14-24-41(34-40)52-48-30-8-6-26-45(48)46-27-7-9-31-49(46)52/h1-34H. The lowest BCUT2D eigenvalue weighted by Crippen LogP contribution is -2.11. The number of fused-ring (bicyclic) bond motifs is 5. The minimum absolute atomic E-state index is 1.09. The third kappa shape index (κ3) is 4.96. The molecule has 0 atom stereocenters. The van der Waals surface area contributed by atoms with Crippen LogP contribution in [0.25, 0.3) is 71.3 Å². The molecule has 1 aromatic heterocycles. The van der Waals surface area contributed by atoms with Gasteiger partial charge in [0.1, 0.15) is 0 Å². The van der Waals surface area contributed by atoms with E-state index >= 15 is 0 Å². The van der Waals surface area contributed by atoms with E-state index in [-0.39, 0.29) is 0 Å². The van der Waals surface area contributed by atoms with Gasteiger partial charge in [0, 0.05) is 33.2 Å². The van der Waals surface area contributed by atoms with Gasteiger partial charge in [-0.1, -0.05) is 158 Å². The van der Waals surface area contributed by atoms with Crippen molar-refractivity contribution in [2.24, 2.45) is 0 Å². The molecule has 10 aromatic rings. The van der Waals surface area contributed by atoms with Gasteiger partial charge in [-0.2, -0.15) is 0 Å². The van der Waals surface area contributed by atoms with Crippen LogP contribution in [0, 0.1) is 0 Å². The first kappa shape index (κ1) is 30.0. The molecule has 0 amide bonds. The lowest BCUT2D eigenvalue weighted by Gasteiger charge is -2.28. The molecule has 0 N–H and O–H groups in total. The van der Waals surface area contributed by atoms with Crippen LogP contribution in [0.4, 0.5) is 17.1 Å². The van der Waals surface area contributed by atoms with E-state index in [0.29, 0.717) is 0 Å². The van der Waals surface area contributed by atoms with Crippen molar-refractivity contribution < 1.29 is 0 Å². The summed E-state index contributed by atoms with van der Waals surface area (Å²) in [5.41, 5.74) is 11.7. The fourth-order valence-corrected chi connectivity index (χ4v) is 8.05. The van der Waals surface area contributed by atoms with E-state index in [4.69, 9.17) is 0 Å². The van der Waals surface area contributed by atoms with Crippen molar-refractivity contribution in [3.63, 3.8) is 0 Å². The van der Waals surface area contributed by atoms with Crippen molar-refractivity contribution in [1.82, 2.24) is 4.57 Å². The highest BCUT2D eigenvalue weighted by Crippen LogP contribution is 2.43. The van der Waals surface area contributed by atoms with Crippen LogP contribution in [-0.2, 0) is 0 Å². The van der Waals surface area contributed by atoms with E-state index in [0.717, 1.165) is 22.7 Å². The summed E-state index contributed by atoms with van der Waals surface area (Å²) < 4.78 is 2.40. The van der Waals surface area contributed by atoms with Gasteiger partial charge in [0.15, 0.2) is 0 Å². The molecule has 0 spiro atoms. The Morgan fingerprint density at radius 1 is 0.346 bits per heavy atom. The number of benzene rings is 9. The number of nitrogens with zero attached hydrogens (tertiary/aromatic N) is 2. The molecular weight excluding hydrogens is 629 g/mol. The van der Waals surface area contributed by atoms with E-state index in [1.165, 1.54) is 65.6 Å². The van der Waals surface area contributed by atoms with Gasteiger partial charge in [-0.15, -0.1) is 0 Å². The number of rotatable bonds is 6. The fraction of sp³-hybridized carbons (Fsp3) is 0. The van der Waals surface area contributed by atoms with E-state index < -0.39 is 0 Å². The van der Waals surface area contributed by atoms with Crippen molar-refractivity contribution in [3.8, 4) is 27.9 Å². The maximum absolute atomic E-state index is 2.42. The number of hydrogen-bond donors (Lipinski definition) is 0. The van der Waals surface area contributed by atoms with Gasteiger partial charge in [0.05, 0.1) is 16.7 Å². The van der Waals surface area contributed by atoms with Gasteiger partial charge in [-0.3, -0.25) is 0 Å². The maximum atomic E-state index is 2.42. The molecule has 2 heteroatoms. The second kappa shape index (κ2) is 12.5. The van der Waals surface area contributed by atoms with E-state index in [1.807, 2.05) is 0 Å². The molecule has 2 nitrogen and oxygen atoms in total. The van der Waals surface area contributed by atoms with Crippen LogP contribution < -0.4 is 4.90 Å². The highest BCUT2D eigenvalue weighted by Gasteiger charge is 2.19. The molecule has 0 bridgehead atoms. The summed E-state index contributed by atoms with van der Waals surface area (Å²) >= 11 is 0. The second-order valence-corrected chi connectivity index (χ2v) is 13.3. The first-order valence-corrected chi connectivity index (χ1v) is 17.9. The predicted molar refractivity (Wildman–Crippen MR) is 221 cm³/mol. The van der Waals surface area contributed by atoms with Crippen molar-refractivity contribution in [2.45, 2.75) is 0 Å². The molecule has 1 heterocycles. The van der Waals surface area contributed by atoms with Crippen LogP contribution in [0.1, 0.15) is 0 Å². The van der Waals surface area contributed by atoms with Crippen LogP contribution >= 0.6 is 0 Å². The molecule has 10 rings (SSSR count). The highest BCUT2D eigenvalue weighted by atomic mass is 15.1. The monoisotopic (exact) mass is 662 g/mol. The molecule has 9 aromatic carbocycles. The van der Waals surface area contributed by atoms with Crippen LogP contribution in [0.2, 0.25) is 0 Å². The van der Waals surface area contributed by atoms with Crippen LogP contribution in [0.3, 0.4) is 0 Å². The van der Waals surface area contributed by atoms with Gasteiger partial charge in [-0.05, 0) is 86.9 Å². The van der Waals surface area contributed by atoms with Crippen LogP contribution in [0.15, 0.2) is 206 Å². The van der Waals surface area contributed by atoms with Crippen LogP contribution in [-0.4, -0.2) is 4.57 Å². The molecule has 0 aliphatic carbocycles. The topological polar surface area (TPSA) is 8.17 Å². The zero-order chi connectivity index (χ0) is 34.4. The summed E-state index contributed by atoms with van der Waals surface area (Å²) in [5.74, 6) is 0.